The van der Waals surface area contributed by atoms with Crippen molar-refractivity contribution >= 4 is 11.8 Å². The van der Waals surface area contributed by atoms with Gasteiger partial charge in [-0.1, -0.05) is 18.2 Å². The molecule has 6 nitrogen and oxygen atoms in total. The first-order valence-electron chi connectivity index (χ1n) is 10.2. The third-order valence-electron chi connectivity index (χ3n) is 6.28. The number of amides is 2. The molecule has 2 aromatic rings. The number of carbonyl (C=O) groups is 2. The van der Waals surface area contributed by atoms with Crippen molar-refractivity contribution in [1.82, 2.24) is 19.8 Å². The van der Waals surface area contributed by atoms with E-state index in [4.69, 9.17) is 0 Å². The largest absolute Gasteiger partial charge is 0.348 e. The van der Waals surface area contributed by atoms with E-state index in [0.29, 0.717) is 13.0 Å². The van der Waals surface area contributed by atoms with Gasteiger partial charge >= 0.3 is 0 Å². The fourth-order valence-electron chi connectivity index (χ4n) is 4.68. The lowest BCUT2D eigenvalue weighted by Crippen LogP contribution is -2.55. The number of aromatic nitrogens is 2. The maximum Gasteiger partial charge on any atom is 0.254 e. The highest BCUT2D eigenvalue weighted by atomic mass is 16.2. The standard InChI is InChI=1S/C22H28N4O2/c1-17-5-2-3-6-19(17)21(28)26-11-4-9-22(15-26)10-7-20(27)25(14-22)12-8-18-13-23-16-24-18/h2-3,5-6,13,16H,4,7-12,14-15H2,1H3,(H,23,24)/t22-/m0/s1. The zero-order valence-corrected chi connectivity index (χ0v) is 16.5. The van der Waals surface area contributed by atoms with E-state index < -0.39 is 0 Å². The van der Waals surface area contributed by atoms with Gasteiger partial charge < -0.3 is 14.8 Å². The number of carbonyl (C=O) groups excluding carboxylic acids is 2. The lowest BCUT2D eigenvalue weighted by atomic mass is 9.73. The molecule has 1 N–H and O–H groups in total. The number of aromatic amines is 1. The minimum absolute atomic E-state index is 0.0263. The summed E-state index contributed by atoms with van der Waals surface area (Å²) in [7, 11) is 0. The summed E-state index contributed by atoms with van der Waals surface area (Å²) in [6, 6.07) is 7.80. The Morgan fingerprint density at radius 3 is 2.89 bits per heavy atom. The molecule has 2 saturated heterocycles. The monoisotopic (exact) mass is 380 g/mol. The highest BCUT2D eigenvalue weighted by molar-refractivity contribution is 5.95. The molecule has 1 spiro atoms. The van der Waals surface area contributed by atoms with Crippen LogP contribution in [0.15, 0.2) is 36.8 Å². The Labute approximate surface area is 165 Å². The molecule has 4 rings (SSSR count). The van der Waals surface area contributed by atoms with Crippen molar-refractivity contribution in [2.24, 2.45) is 5.41 Å². The van der Waals surface area contributed by atoms with Crippen LogP contribution >= 0.6 is 0 Å². The molecule has 1 aromatic carbocycles. The summed E-state index contributed by atoms with van der Waals surface area (Å²) in [4.78, 5) is 36.7. The summed E-state index contributed by atoms with van der Waals surface area (Å²) in [5, 5.41) is 0. The van der Waals surface area contributed by atoms with Gasteiger partial charge in [0.2, 0.25) is 5.91 Å². The van der Waals surface area contributed by atoms with E-state index in [0.717, 1.165) is 62.1 Å². The molecule has 148 valence electrons. The zero-order chi connectivity index (χ0) is 19.6. The van der Waals surface area contributed by atoms with Crippen LogP contribution in [0.2, 0.25) is 0 Å². The summed E-state index contributed by atoms with van der Waals surface area (Å²) in [5.41, 5.74) is 2.89. The molecule has 0 bridgehead atoms. The van der Waals surface area contributed by atoms with Crippen LogP contribution in [0.25, 0.3) is 0 Å². The number of nitrogens with one attached hydrogen (secondary N) is 1. The number of nitrogens with zero attached hydrogens (tertiary/aromatic N) is 3. The average Bonchev–Trinajstić information content (AvgIpc) is 3.23. The van der Waals surface area contributed by atoms with Gasteiger partial charge in [0.1, 0.15) is 0 Å². The third kappa shape index (κ3) is 3.81. The average molecular weight is 380 g/mol. The van der Waals surface area contributed by atoms with E-state index in [2.05, 4.69) is 9.97 Å². The molecule has 2 aliphatic rings. The first-order chi connectivity index (χ1) is 13.6. The van der Waals surface area contributed by atoms with Crippen molar-refractivity contribution < 1.29 is 9.59 Å². The van der Waals surface area contributed by atoms with E-state index in [1.165, 1.54) is 0 Å². The van der Waals surface area contributed by atoms with Crippen molar-refractivity contribution in [3.63, 3.8) is 0 Å². The fraction of sp³-hybridized carbons (Fsp3) is 0.500. The SMILES string of the molecule is Cc1ccccc1C(=O)N1CCC[C@@]2(CCC(=O)N(CCc3cnc[nH]3)C2)C1. The number of H-pyrrole nitrogens is 1. The number of imidazole rings is 1. The molecule has 2 fully saturated rings. The Bertz CT molecular complexity index is 848. The number of hydrogen-bond acceptors (Lipinski definition) is 3. The van der Waals surface area contributed by atoms with Crippen LogP contribution in [-0.4, -0.2) is 57.8 Å². The molecule has 0 radical (unpaired) electrons. The number of aryl methyl sites for hydroxylation is 1. The Balaban J connectivity index is 1.45. The summed E-state index contributed by atoms with van der Waals surface area (Å²) < 4.78 is 0. The lowest BCUT2D eigenvalue weighted by molar-refractivity contribution is -0.138. The number of hydrogen-bond donors (Lipinski definition) is 1. The Morgan fingerprint density at radius 2 is 2.11 bits per heavy atom. The van der Waals surface area contributed by atoms with Gasteiger partial charge in [-0.25, -0.2) is 4.98 Å². The molecule has 2 aliphatic heterocycles. The van der Waals surface area contributed by atoms with Crippen LogP contribution in [0.3, 0.4) is 0 Å². The quantitative estimate of drug-likeness (QED) is 0.887. The Morgan fingerprint density at radius 1 is 1.25 bits per heavy atom. The third-order valence-corrected chi connectivity index (χ3v) is 6.28. The lowest BCUT2D eigenvalue weighted by Gasteiger charge is -2.48. The van der Waals surface area contributed by atoms with Gasteiger partial charge in [-0.05, 0) is 37.8 Å². The van der Waals surface area contributed by atoms with Gasteiger partial charge in [0.05, 0.1) is 6.33 Å². The van der Waals surface area contributed by atoms with E-state index >= 15 is 0 Å². The highest BCUT2D eigenvalue weighted by Crippen LogP contribution is 2.39. The Hall–Kier alpha value is -2.63. The van der Waals surface area contributed by atoms with Crippen molar-refractivity contribution in [2.45, 2.75) is 39.0 Å². The molecule has 28 heavy (non-hydrogen) atoms. The van der Waals surface area contributed by atoms with Gasteiger partial charge in [-0.3, -0.25) is 9.59 Å². The van der Waals surface area contributed by atoms with Crippen molar-refractivity contribution in [1.29, 1.82) is 0 Å². The van der Waals surface area contributed by atoms with Gasteiger partial charge in [0.25, 0.3) is 5.91 Å². The second-order valence-electron chi connectivity index (χ2n) is 8.29. The molecule has 0 saturated carbocycles. The maximum absolute atomic E-state index is 13.1. The van der Waals surface area contributed by atoms with E-state index in [1.807, 2.05) is 47.2 Å². The molecule has 0 unspecified atom stereocenters. The maximum atomic E-state index is 13.1. The van der Waals surface area contributed by atoms with E-state index in [9.17, 15) is 9.59 Å². The van der Waals surface area contributed by atoms with Gasteiger partial charge in [0, 0.05) is 61.9 Å². The molecule has 1 atom stereocenters. The number of benzene rings is 1. The minimum atomic E-state index is 0.0263. The minimum Gasteiger partial charge on any atom is -0.348 e. The summed E-state index contributed by atoms with van der Waals surface area (Å²) >= 11 is 0. The van der Waals surface area contributed by atoms with Crippen LogP contribution < -0.4 is 0 Å². The molecule has 3 heterocycles. The number of piperidine rings is 2. The first-order valence-corrected chi connectivity index (χ1v) is 10.2. The van der Waals surface area contributed by atoms with E-state index in [-0.39, 0.29) is 17.2 Å². The number of likely N-dealkylation sites (tertiary alicyclic amines) is 2. The molecule has 2 amide bonds. The van der Waals surface area contributed by atoms with Gasteiger partial charge in [-0.2, -0.15) is 0 Å². The van der Waals surface area contributed by atoms with Gasteiger partial charge in [-0.15, -0.1) is 0 Å². The van der Waals surface area contributed by atoms with Gasteiger partial charge in [0.15, 0.2) is 0 Å². The molecule has 0 aliphatic carbocycles. The molecule has 6 heteroatoms. The van der Waals surface area contributed by atoms with Crippen LogP contribution in [0, 0.1) is 12.3 Å². The topological polar surface area (TPSA) is 69.3 Å². The summed E-state index contributed by atoms with van der Waals surface area (Å²) in [5.74, 6) is 0.352. The normalized spacial score (nSPS) is 22.7. The zero-order valence-electron chi connectivity index (χ0n) is 16.5. The molecular weight excluding hydrogens is 352 g/mol. The molecule has 1 aromatic heterocycles. The smallest absolute Gasteiger partial charge is 0.254 e. The first kappa shape index (κ1) is 18.7. The van der Waals surface area contributed by atoms with Crippen molar-refractivity contribution in [3.8, 4) is 0 Å². The van der Waals surface area contributed by atoms with Crippen LogP contribution in [-0.2, 0) is 11.2 Å². The van der Waals surface area contributed by atoms with Crippen molar-refractivity contribution in [2.75, 3.05) is 26.2 Å². The fourth-order valence-corrected chi connectivity index (χ4v) is 4.68. The molecular formula is C22H28N4O2. The predicted molar refractivity (Wildman–Crippen MR) is 107 cm³/mol. The second kappa shape index (κ2) is 7.78. The van der Waals surface area contributed by atoms with Crippen LogP contribution in [0.5, 0.6) is 0 Å². The van der Waals surface area contributed by atoms with E-state index in [1.54, 1.807) is 6.33 Å². The highest BCUT2D eigenvalue weighted by Gasteiger charge is 2.42. The summed E-state index contributed by atoms with van der Waals surface area (Å²) in [6.07, 6.45) is 7.81. The number of rotatable bonds is 4. The van der Waals surface area contributed by atoms with Crippen LogP contribution in [0.4, 0.5) is 0 Å². The Kier molecular flexibility index (Phi) is 5.20. The summed E-state index contributed by atoms with van der Waals surface area (Å²) in [6.45, 7) is 4.99. The predicted octanol–water partition coefficient (Wildman–Crippen LogP) is 2.81. The second-order valence-corrected chi connectivity index (χ2v) is 8.29. The van der Waals surface area contributed by atoms with Crippen LogP contribution in [0.1, 0.15) is 47.3 Å². The van der Waals surface area contributed by atoms with Crippen molar-refractivity contribution in [3.05, 3.63) is 53.6 Å².